The molecule has 1 amide bonds. The fraction of sp³-hybridized carbons (Fsp3) is 0.217. The zero-order valence-corrected chi connectivity index (χ0v) is 17.1. The van der Waals surface area contributed by atoms with Crippen molar-refractivity contribution >= 4 is 17.7 Å². The zero-order chi connectivity index (χ0) is 22.0. The van der Waals surface area contributed by atoms with Crippen LogP contribution in [0.25, 0.3) is 11.1 Å². The van der Waals surface area contributed by atoms with Crippen molar-refractivity contribution in [3.8, 4) is 22.6 Å². The van der Waals surface area contributed by atoms with E-state index in [1.807, 2.05) is 24.3 Å². The third kappa shape index (κ3) is 3.79. The van der Waals surface area contributed by atoms with Crippen LogP contribution >= 0.6 is 0 Å². The normalized spacial score (nSPS) is 14.4. The molecular weight excluding hydrogens is 394 g/mol. The summed E-state index contributed by atoms with van der Waals surface area (Å²) in [6.07, 6.45) is 5.90. The van der Waals surface area contributed by atoms with Gasteiger partial charge in [0.2, 0.25) is 5.95 Å². The first-order chi connectivity index (χ1) is 14.9. The summed E-state index contributed by atoms with van der Waals surface area (Å²) >= 11 is 0. The molecule has 1 aliphatic rings. The molecule has 3 aromatic rings. The second-order valence-electron chi connectivity index (χ2n) is 7.56. The predicted molar refractivity (Wildman–Crippen MR) is 117 cm³/mol. The van der Waals surface area contributed by atoms with Gasteiger partial charge in [-0.25, -0.2) is 9.97 Å². The minimum atomic E-state index is -0.521. The minimum Gasteiger partial charge on any atom is -0.504 e. The van der Waals surface area contributed by atoms with Gasteiger partial charge in [-0.1, -0.05) is 30.7 Å². The van der Waals surface area contributed by atoms with Crippen LogP contribution in [0.15, 0.2) is 54.9 Å². The number of nitrogen functional groups attached to an aromatic ring is 1. The topological polar surface area (TPSA) is 134 Å². The predicted octanol–water partition coefficient (Wildman–Crippen LogP) is 3.27. The molecule has 0 radical (unpaired) electrons. The first kappa shape index (κ1) is 20.3. The van der Waals surface area contributed by atoms with Crippen LogP contribution in [0, 0.1) is 5.41 Å². The molecule has 1 aromatic heterocycles. The average molecular weight is 417 g/mol. The molecule has 4 rings (SSSR count). The van der Waals surface area contributed by atoms with Gasteiger partial charge in [-0.2, -0.15) is 0 Å². The highest BCUT2D eigenvalue weighted by molar-refractivity contribution is 6.09. The minimum absolute atomic E-state index is 0.0452. The molecule has 1 saturated carbocycles. The second kappa shape index (κ2) is 8.06. The van der Waals surface area contributed by atoms with Crippen LogP contribution in [-0.4, -0.2) is 33.9 Å². The Hall–Kier alpha value is -3.94. The highest BCUT2D eigenvalue weighted by atomic mass is 16.5. The van der Waals surface area contributed by atoms with E-state index < -0.39 is 11.3 Å². The van der Waals surface area contributed by atoms with E-state index in [0.717, 1.165) is 36.0 Å². The molecule has 1 heterocycles. The Bertz CT molecular complexity index is 1120. The lowest BCUT2D eigenvalue weighted by atomic mass is 9.63. The lowest BCUT2D eigenvalue weighted by molar-refractivity contribution is 0.0971. The number of benzene rings is 2. The molecule has 158 valence electrons. The number of methoxy groups -OCH3 is 1. The number of amides is 1. The molecule has 0 spiro atoms. The van der Waals surface area contributed by atoms with E-state index in [0.29, 0.717) is 5.56 Å². The maximum atomic E-state index is 12.7. The lowest BCUT2D eigenvalue weighted by Crippen LogP contribution is -2.50. The van der Waals surface area contributed by atoms with E-state index in [1.165, 1.54) is 25.3 Å². The molecule has 0 saturated heterocycles. The van der Waals surface area contributed by atoms with Gasteiger partial charge in [0.15, 0.2) is 11.5 Å². The van der Waals surface area contributed by atoms with Crippen molar-refractivity contribution < 1.29 is 14.6 Å². The van der Waals surface area contributed by atoms with Crippen LogP contribution in [0.5, 0.6) is 11.5 Å². The fourth-order valence-corrected chi connectivity index (χ4v) is 3.81. The van der Waals surface area contributed by atoms with Gasteiger partial charge in [0.05, 0.1) is 12.5 Å². The number of amidine groups is 1. The molecule has 0 unspecified atom stereocenters. The number of phenols is 1. The van der Waals surface area contributed by atoms with Gasteiger partial charge in [-0.15, -0.1) is 0 Å². The Morgan fingerprint density at radius 3 is 2.39 bits per heavy atom. The molecular formula is C23H23N5O3. The van der Waals surface area contributed by atoms with Crippen LogP contribution in [-0.2, 0) is 5.41 Å². The Morgan fingerprint density at radius 2 is 1.81 bits per heavy atom. The largest absolute Gasteiger partial charge is 0.504 e. The Morgan fingerprint density at radius 1 is 1.13 bits per heavy atom. The number of nitrogens with one attached hydrogen (secondary N) is 2. The highest BCUT2D eigenvalue weighted by Gasteiger charge is 2.43. The maximum absolute atomic E-state index is 12.7. The van der Waals surface area contributed by atoms with Crippen molar-refractivity contribution in [1.29, 1.82) is 5.41 Å². The van der Waals surface area contributed by atoms with E-state index in [4.69, 9.17) is 15.9 Å². The van der Waals surface area contributed by atoms with Gasteiger partial charge < -0.3 is 20.9 Å². The van der Waals surface area contributed by atoms with Crippen molar-refractivity contribution in [3.05, 3.63) is 66.0 Å². The molecule has 0 aliphatic heterocycles. The number of hydrogen-bond acceptors (Lipinski definition) is 7. The lowest BCUT2D eigenvalue weighted by Gasteiger charge is -2.42. The number of anilines is 1. The summed E-state index contributed by atoms with van der Waals surface area (Å²) in [7, 11) is 1.42. The number of aromatic hydroxyl groups is 1. The quantitative estimate of drug-likeness (QED) is 0.372. The number of nitrogens with two attached hydrogens (primary N) is 1. The smallest absolute Gasteiger partial charge is 0.256 e. The number of phenolic OH excluding ortho intramolecular Hbond substituents is 1. The van der Waals surface area contributed by atoms with Gasteiger partial charge in [-0.05, 0) is 42.2 Å². The van der Waals surface area contributed by atoms with Crippen LogP contribution in [0.1, 0.15) is 35.2 Å². The van der Waals surface area contributed by atoms with Gasteiger partial charge in [-0.3, -0.25) is 10.2 Å². The zero-order valence-electron chi connectivity index (χ0n) is 17.1. The Labute approximate surface area is 179 Å². The van der Waals surface area contributed by atoms with Gasteiger partial charge >= 0.3 is 0 Å². The van der Waals surface area contributed by atoms with Crippen molar-refractivity contribution in [1.82, 2.24) is 15.3 Å². The molecule has 0 atom stereocenters. The molecule has 1 fully saturated rings. The molecule has 8 nitrogen and oxygen atoms in total. The summed E-state index contributed by atoms with van der Waals surface area (Å²) in [5, 5.41) is 21.1. The third-order valence-electron chi connectivity index (χ3n) is 5.81. The summed E-state index contributed by atoms with van der Waals surface area (Å²) in [5.74, 6) is 0.143. The first-order valence-electron chi connectivity index (χ1n) is 9.89. The number of rotatable bonds is 5. The standard InChI is InChI=1S/C23H23N5O3/c1-31-19-11-15(5-8-18(19)29)20(30)28-21(24)23(9-2-10-23)17-6-3-14(4-7-17)16-12-26-22(25)27-13-16/h3-8,11-13,29H,2,9-10H2,1H3,(H2,24,28,30)(H2,25,26,27). The highest BCUT2D eigenvalue weighted by Crippen LogP contribution is 2.44. The van der Waals surface area contributed by atoms with E-state index in [-0.39, 0.29) is 23.3 Å². The van der Waals surface area contributed by atoms with E-state index >= 15 is 0 Å². The van der Waals surface area contributed by atoms with Crippen molar-refractivity contribution in [3.63, 3.8) is 0 Å². The third-order valence-corrected chi connectivity index (χ3v) is 5.81. The number of carbonyl (C=O) groups excluding carboxylic acids is 1. The summed E-state index contributed by atoms with van der Waals surface area (Å²) in [5.41, 5.74) is 8.12. The van der Waals surface area contributed by atoms with Crippen molar-refractivity contribution in [2.45, 2.75) is 24.7 Å². The first-order valence-corrected chi connectivity index (χ1v) is 9.89. The Balaban J connectivity index is 1.53. The monoisotopic (exact) mass is 417 g/mol. The number of nitrogens with zero attached hydrogens (tertiary/aromatic N) is 2. The fourth-order valence-electron chi connectivity index (χ4n) is 3.81. The molecule has 31 heavy (non-hydrogen) atoms. The molecule has 1 aliphatic carbocycles. The summed E-state index contributed by atoms with van der Waals surface area (Å²) < 4.78 is 5.06. The SMILES string of the molecule is COc1cc(C(=O)NC(=N)C2(c3ccc(-c4cnc(N)nc4)cc3)CCC2)ccc1O. The van der Waals surface area contributed by atoms with Crippen LogP contribution in [0.2, 0.25) is 0 Å². The molecule has 5 N–H and O–H groups in total. The molecule has 8 heteroatoms. The Kier molecular flexibility index (Phi) is 5.29. The summed E-state index contributed by atoms with van der Waals surface area (Å²) in [6.45, 7) is 0. The van der Waals surface area contributed by atoms with Gasteiger partial charge in [0.1, 0.15) is 5.84 Å². The van der Waals surface area contributed by atoms with Crippen molar-refractivity contribution in [2.75, 3.05) is 12.8 Å². The van der Waals surface area contributed by atoms with Gasteiger partial charge in [0.25, 0.3) is 5.91 Å². The van der Waals surface area contributed by atoms with E-state index in [2.05, 4.69) is 15.3 Å². The summed E-state index contributed by atoms with van der Waals surface area (Å²) in [4.78, 5) is 20.7. The number of ether oxygens (including phenoxy) is 1. The maximum Gasteiger partial charge on any atom is 0.256 e. The van der Waals surface area contributed by atoms with Crippen LogP contribution in [0.3, 0.4) is 0 Å². The number of hydrogen-bond donors (Lipinski definition) is 4. The van der Waals surface area contributed by atoms with Crippen LogP contribution in [0.4, 0.5) is 5.95 Å². The van der Waals surface area contributed by atoms with E-state index in [9.17, 15) is 9.90 Å². The number of aromatic nitrogens is 2. The van der Waals surface area contributed by atoms with Crippen molar-refractivity contribution in [2.24, 2.45) is 0 Å². The molecule has 2 aromatic carbocycles. The number of carbonyl (C=O) groups is 1. The average Bonchev–Trinajstić information content (AvgIpc) is 2.74. The van der Waals surface area contributed by atoms with Gasteiger partial charge in [0, 0.05) is 23.5 Å². The van der Waals surface area contributed by atoms with E-state index in [1.54, 1.807) is 12.4 Å². The second-order valence-corrected chi connectivity index (χ2v) is 7.56. The van der Waals surface area contributed by atoms with Crippen LogP contribution < -0.4 is 15.8 Å². The summed E-state index contributed by atoms with van der Waals surface area (Å²) in [6, 6.07) is 12.2. The molecule has 0 bridgehead atoms.